The number of aromatic nitrogens is 1. The van der Waals surface area contributed by atoms with Crippen LogP contribution in [-0.2, 0) is 0 Å². The van der Waals surface area contributed by atoms with Crippen LogP contribution in [0.5, 0.6) is 5.75 Å². The third-order valence-corrected chi connectivity index (χ3v) is 2.60. The van der Waals surface area contributed by atoms with Gasteiger partial charge in [0, 0.05) is 11.8 Å². The van der Waals surface area contributed by atoms with Crippen LogP contribution in [0.3, 0.4) is 0 Å². The van der Waals surface area contributed by atoms with Crippen molar-refractivity contribution < 1.29 is 14.4 Å². The Morgan fingerprint density at radius 1 is 1.33 bits per heavy atom. The molecule has 0 fully saturated rings. The Hall–Kier alpha value is -2.21. The van der Waals surface area contributed by atoms with Crippen molar-refractivity contribution in [3.8, 4) is 16.9 Å². The zero-order valence-corrected chi connectivity index (χ0v) is 9.56. The molecule has 18 heavy (non-hydrogen) atoms. The molecule has 5 nitrogen and oxygen atoms in total. The zero-order chi connectivity index (χ0) is 13.3. The van der Waals surface area contributed by atoms with Gasteiger partial charge in [0.15, 0.2) is 0 Å². The summed E-state index contributed by atoms with van der Waals surface area (Å²) in [6, 6.07) is 5.11. The maximum Gasteiger partial charge on any atom is 0.348 e. The molecule has 0 unspecified atom stereocenters. The van der Waals surface area contributed by atoms with Crippen LogP contribution in [0.15, 0.2) is 30.5 Å². The first-order chi connectivity index (χ1) is 8.50. The Bertz CT molecular complexity index is 616. The van der Waals surface area contributed by atoms with Gasteiger partial charge in [-0.3, -0.25) is 10.1 Å². The van der Waals surface area contributed by atoms with E-state index in [1.165, 1.54) is 30.5 Å². The predicted octanol–water partition coefficient (Wildman–Crippen LogP) is 3.15. The highest BCUT2D eigenvalue weighted by molar-refractivity contribution is 6.31. The lowest BCUT2D eigenvalue weighted by atomic mass is 10.1. The van der Waals surface area contributed by atoms with Crippen LogP contribution in [-0.4, -0.2) is 15.0 Å². The van der Waals surface area contributed by atoms with E-state index in [4.69, 9.17) is 11.6 Å². The number of hydrogen-bond donors (Lipinski definition) is 1. The van der Waals surface area contributed by atoms with Crippen molar-refractivity contribution in [2.45, 2.75) is 0 Å². The van der Waals surface area contributed by atoms with Gasteiger partial charge >= 0.3 is 5.69 Å². The van der Waals surface area contributed by atoms with Crippen molar-refractivity contribution in [3.63, 3.8) is 0 Å². The molecule has 0 aliphatic rings. The second-order valence-corrected chi connectivity index (χ2v) is 3.78. The van der Waals surface area contributed by atoms with Crippen molar-refractivity contribution in [3.05, 3.63) is 51.5 Å². The van der Waals surface area contributed by atoms with Gasteiger partial charge in [-0.2, -0.15) is 0 Å². The van der Waals surface area contributed by atoms with Crippen LogP contribution < -0.4 is 0 Å². The molecule has 1 aromatic carbocycles. The quantitative estimate of drug-likeness (QED) is 0.516. The fourth-order valence-corrected chi connectivity index (χ4v) is 1.68. The summed E-state index contributed by atoms with van der Waals surface area (Å²) in [6.45, 7) is 0. The van der Waals surface area contributed by atoms with Crippen LogP contribution in [0.2, 0.25) is 5.15 Å². The number of aromatic hydroxyl groups is 1. The Morgan fingerprint density at radius 3 is 2.50 bits per heavy atom. The first-order valence-corrected chi connectivity index (χ1v) is 5.16. The van der Waals surface area contributed by atoms with Gasteiger partial charge < -0.3 is 5.11 Å². The van der Waals surface area contributed by atoms with Gasteiger partial charge in [-0.1, -0.05) is 23.7 Å². The lowest BCUT2D eigenvalue weighted by molar-refractivity contribution is -0.386. The SMILES string of the molecule is O=[N+]([O-])c1c(Cl)ncc(-c2ccc(F)cc2)c1O. The normalized spacial score (nSPS) is 10.3. The van der Waals surface area contributed by atoms with E-state index in [-0.39, 0.29) is 5.56 Å². The number of nitro groups is 1. The molecule has 7 heteroatoms. The van der Waals surface area contributed by atoms with E-state index in [1.54, 1.807) is 0 Å². The van der Waals surface area contributed by atoms with E-state index in [9.17, 15) is 19.6 Å². The summed E-state index contributed by atoms with van der Waals surface area (Å²) in [4.78, 5) is 13.5. The molecule has 0 amide bonds. The lowest BCUT2D eigenvalue weighted by Crippen LogP contribution is -1.94. The fraction of sp³-hybridized carbons (Fsp3) is 0. The minimum atomic E-state index is -0.822. The topological polar surface area (TPSA) is 76.3 Å². The van der Waals surface area contributed by atoms with E-state index in [1.807, 2.05) is 0 Å². The molecule has 0 saturated carbocycles. The van der Waals surface area contributed by atoms with Crippen LogP contribution in [0.1, 0.15) is 0 Å². The molecule has 0 aliphatic carbocycles. The Balaban J connectivity index is 2.62. The van der Waals surface area contributed by atoms with Gasteiger partial charge in [0.2, 0.25) is 10.9 Å². The summed E-state index contributed by atoms with van der Waals surface area (Å²) in [5, 5.41) is 20.1. The first kappa shape index (κ1) is 12.3. The molecular formula is C11H6ClFN2O3. The number of pyridine rings is 1. The monoisotopic (exact) mass is 268 g/mol. The maximum atomic E-state index is 12.8. The van der Waals surface area contributed by atoms with Crippen molar-refractivity contribution in [1.29, 1.82) is 0 Å². The lowest BCUT2D eigenvalue weighted by Gasteiger charge is -2.05. The van der Waals surface area contributed by atoms with E-state index < -0.39 is 27.3 Å². The smallest absolute Gasteiger partial charge is 0.348 e. The molecular weight excluding hydrogens is 263 g/mol. The average molecular weight is 269 g/mol. The second-order valence-electron chi connectivity index (χ2n) is 3.42. The van der Waals surface area contributed by atoms with Gasteiger partial charge in [0.1, 0.15) is 5.82 Å². The summed E-state index contributed by atoms with van der Waals surface area (Å²) in [5.41, 5.74) is -0.147. The molecule has 0 spiro atoms. The van der Waals surface area contributed by atoms with Crippen molar-refractivity contribution >= 4 is 17.3 Å². The number of halogens is 2. The molecule has 0 bridgehead atoms. The Labute approximate surface area is 106 Å². The predicted molar refractivity (Wildman–Crippen MR) is 63.0 cm³/mol. The number of hydrogen-bond acceptors (Lipinski definition) is 4. The molecule has 92 valence electrons. The molecule has 2 aromatic rings. The average Bonchev–Trinajstić information content (AvgIpc) is 2.30. The highest BCUT2D eigenvalue weighted by Crippen LogP contribution is 2.39. The summed E-state index contributed by atoms with van der Waals surface area (Å²) in [5.74, 6) is -1.04. The van der Waals surface area contributed by atoms with Crippen molar-refractivity contribution in [2.24, 2.45) is 0 Å². The molecule has 1 aromatic heterocycles. The molecule has 0 atom stereocenters. The van der Waals surface area contributed by atoms with Gasteiger partial charge in [-0.05, 0) is 17.7 Å². The molecule has 0 radical (unpaired) electrons. The second kappa shape index (κ2) is 4.58. The van der Waals surface area contributed by atoms with E-state index >= 15 is 0 Å². The molecule has 1 heterocycles. The van der Waals surface area contributed by atoms with Crippen molar-refractivity contribution in [1.82, 2.24) is 4.98 Å². The summed E-state index contributed by atoms with van der Waals surface area (Å²) >= 11 is 5.54. The summed E-state index contributed by atoms with van der Waals surface area (Å²) in [7, 11) is 0. The van der Waals surface area contributed by atoms with Gasteiger partial charge in [0.05, 0.1) is 4.92 Å². The van der Waals surface area contributed by atoms with Crippen LogP contribution in [0.4, 0.5) is 10.1 Å². The highest BCUT2D eigenvalue weighted by atomic mass is 35.5. The summed E-state index contributed by atoms with van der Waals surface area (Å²) in [6.07, 6.45) is 1.19. The van der Waals surface area contributed by atoms with Crippen LogP contribution >= 0.6 is 11.6 Å². The highest BCUT2D eigenvalue weighted by Gasteiger charge is 2.23. The van der Waals surface area contributed by atoms with Crippen LogP contribution in [0, 0.1) is 15.9 Å². The first-order valence-electron chi connectivity index (χ1n) is 4.78. The van der Waals surface area contributed by atoms with Gasteiger partial charge in [-0.25, -0.2) is 9.37 Å². The fourth-order valence-electron chi connectivity index (χ4n) is 1.47. The molecule has 0 aliphatic heterocycles. The van der Waals surface area contributed by atoms with E-state index in [0.717, 1.165) is 0 Å². The maximum absolute atomic E-state index is 12.8. The third-order valence-electron chi connectivity index (χ3n) is 2.32. The summed E-state index contributed by atoms with van der Waals surface area (Å²) < 4.78 is 12.8. The Kier molecular flexibility index (Phi) is 3.12. The van der Waals surface area contributed by atoms with Crippen molar-refractivity contribution in [2.75, 3.05) is 0 Å². The minimum Gasteiger partial charge on any atom is -0.502 e. The number of nitrogens with zero attached hydrogens (tertiary/aromatic N) is 2. The number of benzene rings is 1. The molecule has 2 rings (SSSR count). The van der Waals surface area contributed by atoms with Gasteiger partial charge in [0.25, 0.3) is 0 Å². The number of rotatable bonds is 2. The van der Waals surface area contributed by atoms with E-state index in [2.05, 4.69) is 4.98 Å². The minimum absolute atomic E-state index is 0.117. The standard InChI is InChI=1S/C11H6ClFN2O3/c12-11-9(15(17)18)10(16)8(5-14-11)6-1-3-7(13)4-2-6/h1-5H,(H,14,16). The molecule has 1 N–H and O–H groups in total. The zero-order valence-electron chi connectivity index (χ0n) is 8.80. The van der Waals surface area contributed by atoms with Gasteiger partial charge in [-0.15, -0.1) is 0 Å². The largest absolute Gasteiger partial charge is 0.502 e. The molecule has 0 saturated heterocycles. The van der Waals surface area contributed by atoms with E-state index in [0.29, 0.717) is 5.56 Å². The Morgan fingerprint density at radius 2 is 1.94 bits per heavy atom. The van der Waals surface area contributed by atoms with Crippen LogP contribution in [0.25, 0.3) is 11.1 Å². The third kappa shape index (κ3) is 2.10.